The van der Waals surface area contributed by atoms with Crippen molar-refractivity contribution in [1.82, 2.24) is 0 Å². The van der Waals surface area contributed by atoms with Crippen molar-refractivity contribution in [1.29, 1.82) is 0 Å². The Morgan fingerprint density at radius 1 is 1.00 bits per heavy atom. The molecule has 0 saturated heterocycles. The Morgan fingerprint density at radius 2 is 1.00 bits per heavy atom. The average molecular weight is 280 g/mol. The maximum atomic E-state index is 9.07. The molecule has 0 fully saturated rings. The first-order valence-electron chi connectivity index (χ1n) is 1.22. The van der Waals surface area contributed by atoms with Crippen molar-refractivity contribution in [3.05, 3.63) is 0 Å². The molecule has 0 bridgehead atoms. The van der Waals surface area contributed by atoms with Crippen LogP contribution in [0.1, 0.15) is 0 Å². The molecule has 0 aliphatic rings. The summed E-state index contributed by atoms with van der Waals surface area (Å²) in [6.07, 6.45) is 0. The third-order valence-corrected chi connectivity index (χ3v) is 0. The van der Waals surface area contributed by atoms with E-state index in [4.69, 9.17) is 10.2 Å². The van der Waals surface area contributed by atoms with Crippen molar-refractivity contribution in [2.45, 2.75) is 0 Å². The smallest absolute Gasteiger partial charge is 0.887 e. The molecule has 0 radical (unpaired) electrons. The molecule has 0 unspecified atom stereocenters. The first kappa shape index (κ1) is 16.5. The third kappa shape index (κ3) is 515. The van der Waals surface area contributed by atoms with Gasteiger partial charge in [0.15, 0.2) is 0 Å². The molecular formula is C2MoO2S4. The zero-order chi connectivity index (χ0) is 7.15. The van der Waals surface area contributed by atoms with Crippen LogP contribution in [0.4, 0.5) is 0 Å². The molecule has 0 aliphatic heterocycles. The van der Waals surface area contributed by atoms with Crippen LogP contribution in [0.15, 0.2) is 0 Å². The quantitative estimate of drug-likeness (QED) is 0.301. The van der Waals surface area contributed by atoms with E-state index < -0.39 is 8.77 Å². The van der Waals surface area contributed by atoms with Gasteiger partial charge < -0.3 is 59.9 Å². The van der Waals surface area contributed by atoms with E-state index in [0.717, 1.165) is 0 Å². The zero-order valence-corrected chi connectivity index (χ0v) is 9.13. The van der Waals surface area contributed by atoms with Crippen molar-refractivity contribution in [2.75, 3.05) is 0 Å². The van der Waals surface area contributed by atoms with Crippen LogP contribution in [-0.4, -0.2) is 8.77 Å². The van der Waals surface area contributed by atoms with Crippen LogP contribution in [0.5, 0.6) is 0 Å². The Bertz CT molecular complexity index is 74.6. The van der Waals surface area contributed by atoms with Crippen molar-refractivity contribution in [2.24, 2.45) is 0 Å². The molecule has 50 valence electrons. The summed E-state index contributed by atoms with van der Waals surface area (Å²) in [6.45, 7) is 0. The average Bonchev–Trinajstić information content (AvgIpc) is 1.25. The summed E-state index contributed by atoms with van der Waals surface area (Å²) >= 11 is 15.2. The van der Waals surface area contributed by atoms with Crippen molar-refractivity contribution < 1.29 is 31.3 Å². The van der Waals surface area contributed by atoms with E-state index in [1.54, 1.807) is 0 Å². The molecule has 7 heteroatoms. The van der Waals surface area contributed by atoms with Gasteiger partial charge in [0.25, 0.3) is 0 Å². The maximum absolute atomic E-state index is 9.07. The number of hydrogen-bond donors (Lipinski definition) is 0. The second-order valence-corrected chi connectivity index (χ2v) is 2.50. The molecule has 0 aromatic heterocycles. The van der Waals surface area contributed by atoms with Crippen LogP contribution in [0.3, 0.4) is 0 Å². The van der Waals surface area contributed by atoms with Crippen LogP contribution in [-0.2, 0) is 46.3 Å². The summed E-state index contributed by atoms with van der Waals surface area (Å²) < 4.78 is -1.33. The molecule has 0 aromatic carbocycles. The minimum absolute atomic E-state index is 0. The minimum atomic E-state index is -0.667. The molecule has 0 amide bonds. The van der Waals surface area contributed by atoms with E-state index in [0.29, 0.717) is 0 Å². The van der Waals surface area contributed by atoms with E-state index in [9.17, 15) is 0 Å². The second-order valence-electron chi connectivity index (χ2n) is 0.500. The van der Waals surface area contributed by atoms with Gasteiger partial charge in [-0.05, 0) is 0 Å². The largest absolute Gasteiger partial charge is 4.00 e. The van der Waals surface area contributed by atoms with Gasteiger partial charge in [-0.15, -0.1) is 0 Å². The van der Waals surface area contributed by atoms with Gasteiger partial charge in [0.05, 0.1) is 0 Å². The standard InChI is InChI=1S/2CH2OS2.Mo/c2*2-1(3)4;/h2*(H2,2,3,4);/q;;+4/p-4. The Hall–Kier alpha value is 0.908. The van der Waals surface area contributed by atoms with Gasteiger partial charge in [0.2, 0.25) is 0 Å². The Kier molecular flexibility index (Phi) is 21.4. The van der Waals surface area contributed by atoms with Crippen LogP contribution in [0, 0.1) is 0 Å². The maximum Gasteiger partial charge on any atom is 4.00 e. The van der Waals surface area contributed by atoms with E-state index >= 15 is 0 Å². The second kappa shape index (κ2) is 11.7. The van der Waals surface area contributed by atoms with Crippen molar-refractivity contribution >= 4 is 58.5 Å². The van der Waals surface area contributed by atoms with Crippen LogP contribution in [0.2, 0.25) is 0 Å². The van der Waals surface area contributed by atoms with Gasteiger partial charge in [-0.2, -0.15) is 0 Å². The van der Waals surface area contributed by atoms with Gasteiger partial charge in [-0.25, -0.2) is 8.77 Å². The minimum Gasteiger partial charge on any atom is -0.887 e. The van der Waals surface area contributed by atoms with Crippen molar-refractivity contribution in [3.63, 3.8) is 0 Å². The Labute approximate surface area is 89.1 Å². The number of thiocarbonyl (C=S) groups is 2. The summed E-state index contributed by atoms with van der Waals surface area (Å²) in [4.78, 5) is 0. The van der Waals surface area contributed by atoms with E-state index in [1.165, 1.54) is 0 Å². The van der Waals surface area contributed by atoms with Crippen LogP contribution < -0.4 is 10.2 Å². The summed E-state index contributed by atoms with van der Waals surface area (Å²) in [5.74, 6) is 0. The molecule has 0 atom stereocenters. The van der Waals surface area contributed by atoms with Crippen molar-refractivity contribution in [3.8, 4) is 0 Å². The molecule has 0 heterocycles. The molecule has 0 rings (SSSR count). The fourth-order valence-corrected chi connectivity index (χ4v) is 0. The molecule has 0 saturated carbocycles. The molecule has 0 N–H and O–H groups in total. The van der Waals surface area contributed by atoms with E-state index in [-0.39, 0.29) is 21.1 Å². The fraction of sp³-hybridized carbons (Fsp3) is 0. The summed E-state index contributed by atoms with van der Waals surface area (Å²) in [5.41, 5.74) is 0. The first-order valence-corrected chi connectivity index (χ1v) is 2.86. The monoisotopic (exact) mass is 282 g/mol. The molecular weight excluding hydrogens is 280 g/mol. The van der Waals surface area contributed by atoms with Gasteiger partial charge in [-0.3, -0.25) is 0 Å². The molecule has 9 heavy (non-hydrogen) atoms. The van der Waals surface area contributed by atoms with Crippen LogP contribution in [0.25, 0.3) is 0 Å². The Morgan fingerprint density at radius 3 is 1.00 bits per heavy atom. The number of rotatable bonds is 0. The van der Waals surface area contributed by atoms with Gasteiger partial charge in [0.1, 0.15) is 0 Å². The molecule has 0 aromatic rings. The molecule has 2 nitrogen and oxygen atoms in total. The normalized spacial score (nSPS) is 5.33. The topological polar surface area (TPSA) is 46.1 Å². The number of hydrogen-bond acceptors (Lipinski definition) is 6. The third-order valence-electron chi connectivity index (χ3n) is 0. The fourth-order valence-electron chi connectivity index (χ4n) is 0. The Balaban J connectivity index is -0.0000000720. The predicted molar refractivity (Wildman–Crippen MR) is 39.9 cm³/mol. The zero-order valence-electron chi connectivity index (χ0n) is 3.86. The molecule has 0 aliphatic carbocycles. The van der Waals surface area contributed by atoms with E-state index in [1.807, 2.05) is 0 Å². The predicted octanol–water partition coefficient (Wildman–Crippen LogP) is -1.65. The van der Waals surface area contributed by atoms with Gasteiger partial charge >= 0.3 is 21.1 Å². The van der Waals surface area contributed by atoms with Gasteiger partial charge in [-0.1, -0.05) is 0 Å². The summed E-state index contributed by atoms with van der Waals surface area (Å²) in [7, 11) is 0. The SMILES string of the molecule is [Mo+4].[O-]C(=S)[S-].[O-]C(=S)[S-]. The van der Waals surface area contributed by atoms with Crippen LogP contribution >= 0.6 is 24.4 Å². The summed E-state index contributed by atoms with van der Waals surface area (Å²) in [6, 6.07) is 0. The summed E-state index contributed by atoms with van der Waals surface area (Å²) in [5, 5.41) is 18.1. The van der Waals surface area contributed by atoms with E-state index in [2.05, 4.69) is 49.7 Å². The first-order chi connectivity index (χ1) is 3.46. The van der Waals surface area contributed by atoms with Gasteiger partial charge in [0, 0.05) is 0 Å². The molecule has 0 spiro atoms.